The summed E-state index contributed by atoms with van der Waals surface area (Å²) in [4.78, 5) is 23.6. The Balaban J connectivity index is 2.20. The summed E-state index contributed by atoms with van der Waals surface area (Å²) in [5.74, 6) is -0.372. The van der Waals surface area contributed by atoms with Crippen LogP contribution >= 0.6 is 11.3 Å². The number of nitrogens with two attached hydrogens (primary N) is 1. The maximum absolute atomic E-state index is 12.3. The number of rotatable bonds is 6. The minimum Gasteiger partial charge on any atom is -0.493 e. The number of anilines is 1. The molecule has 0 bridgehead atoms. The highest BCUT2D eigenvalue weighted by molar-refractivity contribution is 7.14. The average Bonchev–Trinajstić information content (AvgIpc) is 2.93. The minimum absolute atomic E-state index is 0.306. The first-order valence-electron chi connectivity index (χ1n) is 6.54. The largest absolute Gasteiger partial charge is 0.493 e. The van der Waals surface area contributed by atoms with Crippen LogP contribution in [-0.4, -0.2) is 18.4 Å². The number of ether oxygens (including phenoxy) is 1. The van der Waals surface area contributed by atoms with Crippen LogP contribution in [0.3, 0.4) is 0 Å². The molecule has 0 atom stereocenters. The highest BCUT2D eigenvalue weighted by atomic mass is 32.1. The fourth-order valence-corrected chi connectivity index (χ4v) is 2.55. The Morgan fingerprint density at radius 3 is 2.71 bits per heavy atom. The molecule has 21 heavy (non-hydrogen) atoms. The maximum Gasteiger partial charge on any atom is 0.260 e. The van der Waals surface area contributed by atoms with E-state index in [1.54, 1.807) is 29.6 Å². The van der Waals surface area contributed by atoms with Gasteiger partial charge in [-0.25, -0.2) is 0 Å². The molecule has 0 unspecified atom stereocenters. The smallest absolute Gasteiger partial charge is 0.260 e. The number of para-hydroxylation sites is 1. The van der Waals surface area contributed by atoms with Crippen LogP contribution in [0.15, 0.2) is 35.7 Å². The first-order chi connectivity index (χ1) is 10.1. The van der Waals surface area contributed by atoms with Crippen LogP contribution in [0.4, 0.5) is 5.00 Å². The third-order valence-electron chi connectivity index (χ3n) is 2.75. The van der Waals surface area contributed by atoms with E-state index < -0.39 is 5.91 Å². The van der Waals surface area contributed by atoms with Gasteiger partial charge in [-0.1, -0.05) is 19.1 Å². The van der Waals surface area contributed by atoms with E-state index in [0.717, 1.165) is 6.42 Å². The molecule has 1 heterocycles. The lowest BCUT2D eigenvalue weighted by Gasteiger charge is -2.10. The molecule has 1 aromatic carbocycles. The second-order valence-electron chi connectivity index (χ2n) is 4.33. The summed E-state index contributed by atoms with van der Waals surface area (Å²) < 4.78 is 5.56. The van der Waals surface area contributed by atoms with Crippen LogP contribution in [0.1, 0.15) is 34.1 Å². The molecule has 110 valence electrons. The molecule has 1 aromatic heterocycles. The van der Waals surface area contributed by atoms with Gasteiger partial charge in [0.15, 0.2) is 0 Å². The molecule has 2 amide bonds. The highest BCUT2D eigenvalue weighted by Gasteiger charge is 2.16. The van der Waals surface area contributed by atoms with E-state index in [1.807, 2.05) is 13.0 Å². The second-order valence-corrected chi connectivity index (χ2v) is 5.24. The fourth-order valence-electron chi connectivity index (χ4n) is 1.76. The number of benzene rings is 1. The van der Waals surface area contributed by atoms with Crippen molar-refractivity contribution in [1.82, 2.24) is 0 Å². The molecule has 0 saturated carbocycles. The van der Waals surface area contributed by atoms with E-state index in [1.165, 1.54) is 11.3 Å². The summed E-state index contributed by atoms with van der Waals surface area (Å²) in [6.45, 7) is 2.53. The highest BCUT2D eigenvalue weighted by Crippen LogP contribution is 2.25. The van der Waals surface area contributed by atoms with Crippen LogP contribution in [-0.2, 0) is 0 Å². The second kappa shape index (κ2) is 6.90. The van der Waals surface area contributed by atoms with Crippen molar-refractivity contribution in [3.63, 3.8) is 0 Å². The van der Waals surface area contributed by atoms with Crippen LogP contribution in [0, 0.1) is 0 Å². The van der Waals surface area contributed by atoms with Gasteiger partial charge in [0.1, 0.15) is 10.8 Å². The quantitative estimate of drug-likeness (QED) is 0.861. The Hall–Kier alpha value is -2.34. The number of carbonyl (C=O) groups is 2. The van der Waals surface area contributed by atoms with Crippen LogP contribution in [0.5, 0.6) is 5.75 Å². The number of hydrogen-bond donors (Lipinski definition) is 2. The van der Waals surface area contributed by atoms with Gasteiger partial charge in [0.25, 0.3) is 11.8 Å². The van der Waals surface area contributed by atoms with Gasteiger partial charge < -0.3 is 15.8 Å². The van der Waals surface area contributed by atoms with Crippen LogP contribution in [0.2, 0.25) is 0 Å². The Bertz CT molecular complexity index is 652. The number of thiophene rings is 1. The molecule has 0 saturated heterocycles. The molecule has 3 N–H and O–H groups in total. The van der Waals surface area contributed by atoms with Crippen molar-refractivity contribution in [3.05, 3.63) is 46.8 Å². The summed E-state index contributed by atoms with van der Waals surface area (Å²) in [5, 5.41) is 4.85. The third kappa shape index (κ3) is 3.61. The average molecular weight is 304 g/mol. The fraction of sp³-hybridized carbons (Fsp3) is 0.200. The SMILES string of the molecule is CCCOc1ccccc1C(=O)Nc1sccc1C(N)=O. The van der Waals surface area contributed by atoms with Crippen molar-refractivity contribution >= 4 is 28.2 Å². The topological polar surface area (TPSA) is 81.4 Å². The third-order valence-corrected chi connectivity index (χ3v) is 3.58. The summed E-state index contributed by atoms with van der Waals surface area (Å²) in [6.07, 6.45) is 0.854. The maximum atomic E-state index is 12.3. The van der Waals surface area contributed by atoms with E-state index >= 15 is 0 Å². The van der Waals surface area contributed by atoms with E-state index in [4.69, 9.17) is 10.5 Å². The Morgan fingerprint density at radius 1 is 1.24 bits per heavy atom. The zero-order valence-electron chi connectivity index (χ0n) is 11.6. The van der Waals surface area contributed by atoms with Gasteiger partial charge in [-0.05, 0) is 30.0 Å². The zero-order valence-corrected chi connectivity index (χ0v) is 12.4. The summed E-state index contributed by atoms with van der Waals surface area (Å²) >= 11 is 1.25. The number of nitrogens with one attached hydrogen (secondary N) is 1. The Kier molecular flexibility index (Phi) is 4.94. The van der Waals surface area contributed by atoms with Gasteiger partial charge in [-0.2, -0.15) is 0 Å². The molecular weight excluding hydrogens is 288 g/mol. The lowest BCUT2D eigenvalue weighted by Crippen LogP contribution is -2.17. The summed E-state index contributed by atoms with van der Waals surface area (Å²) in [7, 11) is 0. The number of hydrogen-bond acceptors (Lipinski definition) is 4. The Labute approximate surface area is 126 Å². The summed E-state index contributed by atoms with van der Waals surface area (Å²) in [5.41, 5.74) is 5.99. The zero-order chi connectivity index (χ0) is 15.2. The molecule has 6 heteroatoms. The molecular formula is C15H16N2O3S. The predicted molar refractivity (Wildman–Crippen MR) is 83.0 cm³/mol. The van der Waals surface area contributed by atoms with Gasteiger partial charge >= 0.3 is 0 Å². The van der Waals surface area contributed by atoms with E-state index in [0.29, 0.717) is 28.5 Å². The van der Waals surface area contributed by atoms with E-state index in [-0.39, 0.29) is 5.91 Å². The first-order valence-corrected chi connectivity index (χ1v) is 7.42. The molecule has 2 aromatic rings. The van der Waals surface area contributed by atoms with Crippen LogP contribution in [0.25, 0.3) is 0 Å². The molecule has 0 aliphatic heterocycles. The summed E-state index contributed by atoms with van der Waals surface area (Å²) in [6, 6.07) is 8.58. The number of amides is 2. The van der Waals surface area contributed by atoms with Crippen molar-refractivity contribution in [1.29, 1.82) is 0 Å². The van der Waals surface area contributed by atoms with Gasteiger partial charge in [0, 0.05) is 0 Å². The molecule has 0 radical (unpaired) electrons. The van der Waals surface area contributed by atoms with Gasteiger partial charge in [-0.15, -0.1) is 11.3 Å². The number of carbonyl (C=O) groups excluding carboxylic acids is 2. The molecule has 5 nitrogen and oxygen atoms in total. The lowest BCUT2D eigenvalue weighted by molar-refractivity contribution is 0.100. The minimum atomic E-state index is -0.568. The molecule has 0 aliphatic rings. The Morgan fingerprint density at radius 2 is 2.00 bits per heavy atom. The number of primary amides is 1. The van der Waals surface area contributed by atoms with Crippen molar-refractivity contribution in [2.75, 3.05) is 11.9 Å². The van der Waals surface area contributed by atoms with Gasteiger partial charge in [-0.3, -0.25) is 9.59 Å². The van der Waals surface area contributed by atoms with Gasteiger partial charge in [0.2, 0.25) is 0 Å². The molecule has 2 rings (SSSR count). The molecule has 0 spiro atoms. The monoisotopic (exact) mass is 304 g/mol. The first kappa shape index (κ1) is 15.1. The normalized spacial score (nSPS) is 10.1. The molecule has 0 fully saturated rings. The predicted octanol–water partition coefficient (Wildman–Crippen LogP) is 2.89. The van der Waals surface area contributed by atoms with Crippen LogP contribution < -0.4 is 15.8 Å². The lowest BCUT2D eigenvalue weighted by atomic mass is 10.2. The van der Waals surface area contributed by atoms with E-state index in [2.05, 4.69) is 5.32 Å². The standard InChI is InChI=1S/C15H16N2O3S/c1-2-8-20-12-6-4-3-5-10(12)14(19)17-15-11(13(16)18)7-9-21-15/h3-7,9H,2,8H2,1H3,(H2,16,18)(H,17,19). The van der Waals surface area contributed by atoms with Crippen molar-refractivity contribution in [2.45, 2.75) is 13.3 Å². The van der Waals surface area contributed by atoms with Crippen molar-refractivity contribution < 1.29 is 14.3 Å². The van der Waals surface area contributed by atoms with Gasteiger partial charge in [0.05, 0.1) is 17.7 Å². The molecule has 0 aliphatic carbocycles. The van der Waals surface area contributed by atoms with Crippen molar-refractivity contribution in [2.24, 2.45) is 5.73 Å². The van der Waals surface area contributed by atoms with E-state index in [9.17, 15) is 9.59 Å². The van der Waals surface area contributed by atoms with Crippen molar-refractivity contribution in [3.8, 4) is 5.75 Å².